The van der Waals surface area contributed by atoms with Gasteiger partial charge in [-0.15, -0.1) is 0 Å². The van der Waals surface area contributed by atoms with Crippen LogP contribution in [0, 0.1) is 34.6 Å². The molecular weight excluding hydrogens is 1020 g/mol. The molecule has 4 aliphatic rings. The Labute approximate surface area is 498 Å². The topological polar surface area (TPSA) is 13.0 Å². The lowest BCUT2D eigenvalue weighted by atomic mass is 9.70. The van der Waals surface area contributed by atoms with Gasteiger partial charge in [0.25, 0.3) is 0 Å². The van der Waals surface area contributed by atoms with Crippen molar-refractivity contribution in [2.45, 2.75) is 93.4 Å². The van der Waals surface area contributed by atoms with Gasteiger partial charge in [0.2, 0.25) is 0 Å². The van der Waals surface area contributed by atoms with Gasteiger partial charge in [0.15, 0.2) is 0 Å². The molecule has 0 heterocycles. The van der Waals surface area contributed by atoms with Crippen molar-refractivity contribution < 1.29 is 0 Å². The number of nitrogens with zero attached hydrogens (tertiary/aromatic N) is 4. The molecule has 0 bridgehead atoms. The minimum absolute atomic E-state index is 0.799. The van der Waals surface area contributed by atoms with E-state index in [-0.39, 0.29) is 0 Å². The number of fused-ring (bicyclic) bond motifs is 10. The second-order valence-corrected chi connectivity index (χ2v) is 23.9. The van der Waals surface area contributed by atoms with Crippen molar-refractivity contribution in [1.29, 1.82) is 0 Å². The summed E-state index contributed by atoms with van der Waals surface area (Å²) < 4.78 is 0. The lowest BCUT2D eigenvalue weighted by Crippen LogP contribution is -2.28. The van der Waals surface area contributed by atoms with Crippen molar-refractivity contribution in [3.05, 3.63) is 315 Å². The maximum atomic E-state index is 2.57. The summed E-state index contributed by atoms with van der Waals surface area (Å²) in [6.45, 7) is 19.7. The Balaban J connectivity index is 1.15. The number of benzene rings is 9. The zero-order valence-electron chi connectivity index (χ0n) is 50.1. The van der Waals surface area contributed by atoms with Crippen molar-refractivity contribution in [3.63, 3.8) is 0 Å². The summed E-state index contributed by atoms with van der Waals surface area (Å²) >= 11 is 0. The third kappa shape index (κ3) is 9.64. The number of allylic oxidation sites excluding steroid dienone is 12. The smallest absolute Gasteiger partial charge is 0.0728 e. The normalized spacial score (nSPS) is 14.7. The number of rotatable bonds is 13. The SMILES string of the molecule is CC=CC=C(C)N(c1ccc(C)cc1)c1ccc2c(c1)C1(c3cc(N(C4=CC=C(C)CC4)c4ccc(C)cc4)ccc3-c3ccc(N(C4=CC=C(C)CC4)c4ccc(C)cc4)cc31)c1cc(N(c3ccc(C)cc3)c3ccc(C)cc3)ccc1-2. The van der Waals surface area contributed by atoms with Crippen LogP contribution in [0.3, 0.4) is 0 Å². The van der Waals surface area contributed by atoms with Crippen molar-refractivity contribution in [2.75, 3.05) is 19.6 Å². The highest BCUT2D eigenvalue weighted by Crippen LogP contribution is 2.65. The lowest BCUT2D eigenvalue weighted by molar-refractivity contribution is 0.791. The molecular formula is C80H74N4. The van der Waals surface area contributed by atoms with Gasteiger partial charge in [0.05, 0.1) is 5.41 Å². The molecule has 0 atom stereocenters. The van der Waals surface area contributed by atoms with Crippen molar-refractivity contribution in [3.8, 4) is 22.3 Å². The zero-order valence-corrected chi connectivity index (χ0v) is 50.1. The van der Waals surface area contributed by atoms with Gasteiger partial charge in [0.1, 0.15) is 0 Å². The van der Waals surface area contributed by atoms with Crippen LogP contribution >= 0.6 is 0 Å². The summed E-state index contributed by atoms with van der Waals surface area (Å²) in [7, 11) is 0. The minimum atomic E-state index is -0.799. The van der Waals surface area contributed by atoms with E-state index in [1.165, 1.54) is 94.9 Å². The molecule has 9 aromatic rings. The summed E-state index contributed by atoms with van der Waals surface area (Å²) in [5.74, 6) is 0. The van der Waals surface area contributed by atoms with Crippen molar-refractivity contribution >= 4 is 51.2 Å². The Morgan fingerprint density at radius 3 is 0.964 bits per heavy atom. The Morgan fingerprint density at radius 1 is 0.333 bits per heavy atom. The van der Waals surface area contributed by atoms with E-state index < -0.39 is 5.41 Å². The van der Waals surface area contributed by atoms with E-state index in [0.29, 0.717) is 0 Å². The monoisotopic (exact) mass is 1090 g/mol. The molecule has 0 saturated heterocycles. The molecule has 0 aromatic heterocycles. The molecule has 0 fully saturated rings. The second kappa shape index (κ2) is 22.1. The maximum absolute atomic E-state index is 2.57. The highest BCUT2D eigenvalue weighted by Gasteiger charge is 2.53. The average Bonchev–Trinajstić information content (AvgIpc) is 1.52. The Morgan fingerprint density at radius 2 is 0.631 bits per heavy atom. The Kier molecular flexibility index (Phi) is 14.2. The molecule has 84 heavy (non-hydrogen) atoms. The van der Waals surface area contributed by atoms with E-state index in [2.05, 4.69) is 319 Å². The van der Waals surface area contributed by atoms with Crippen LogP contribution in [0.15, 0.2) is 265 Å². The molecule has 0 saturated carbocycles. The largest absolute Gasteiger partial charge is 0.315 e. The van der Waals surface area contributed by atoms with Crippen LogP contribution < -0.4 is 19.6 Å². The van der Waals surface area contributed by atoms with Gasteiger partial charge in [-0.25, -0.2) is 0 Å². The highest BCUT2D eigenvalue weighted by atomic mass is 15.2. The number of anilines is 9. The van der Waals surface area contributed by atoms with Gasteiger partial charge >= 0.3 is 0 Å². The third-order valence-corrected chi connectivity index (χ3v) is 17.8. The van der Waals surface area contributed by atoms with Gasteiger partial charge < -0.3 is 19.6 Å². The Bertz CT molecular complexity index is 4020. The van der Waals surface area contributed by atoms with Gasteiger partial charge in [-0.1, -0.05) is 148 Å². The molecule has 1 spiro atoms. The van der Waals surface area contributed by atoms with Crippen molar-refractivity contribution in [1.82, 2.24) is 0 Å². The number of hydrogen-bond acceptors (Lipinski definition) is 4. The fourth-order valence-electron chi connectivity index (χ4n) is 13.3. The van der Waals surface area contributed by atoms with E-state index in [4.69, 9.17) is 0 Å². The van der Waals surface area contributed by atoms with E-state index >= 15 is 0 Å². The lowest BCUT2D eigenvalue weighted by Gasteiger charge is -2.35. The van der Waals surface area contributed by atoms with Crippen LogP contribution in [-0.4, -0.2) is 0 Å². The fraction of sp³-hybridized carbons (Fsp3) is 0.175. The third-order valence-electron chi connectivity index (χ3n) is 17.8. The predicted octanol–water partition coefficient (Wildman–Crippen LogP) is 22.2. The number of aryl methyl sites for hydroxylation is 5. The first kappa shape index (κ1) is 53.9. The predicted molar refractivity (Wildman–Crippen MR) is 358 cm³/mol. The fourth-order valence-corrected chi connectivity index (χ4v) is 13.3. The number of hydrogen-bond donors (Lipinski definition) is 0. The molecule has 0 amide bonds. The Hall–Kier alpha value is -9.38. The van der Waals surface area contributed by atoms with Crippen LogP contribution in [0.25, 0.3) is 22.3 Å². The van der Waals surface area contributed by atoms with Crippen LogP contribution in [0.4, 0.5) is 51.2 Å². The first-order valence-corrected chi connectivity index (χ1v) is 30.0. The second-order valence-electron chi connectivity index (χ2n) is 23.9. The van der Waals surface area contributed by atoms with Crippen molar-refractivity contribution in [2.24, 2.45) is 0 Å². The quantitative estimate of drug-likeness (QED) is 0.107. The molecule has 414 valence electrons. The maximum Gasteiger partial charge on any atom is 0.0728 e. The zero-order chi connectivity index (χ0) is 57.8. The first-order valence-electron chi connectivity index (χ1n) is 30.0. The molecule has 4 heteroatoms. The molecule has 0 N–H and O–H groups in total. The summed E-state index contributed by atoms with van der Waals surface area (Å²) in [6.07, 6.45) is 19.8. The molecule has 4 aliphatic carbocycles. The van der Waals surface area contributed by atoms with Gasteiger partial charge in [0, 0.05) is 68.3 Å². The molecule has 13 rings (SSSR count). The molecule has 9 aromatic carbocycles. The summed E-state index contributed by atoms with van der Waals surface area (Å²) in [5.41, 5.74) is 32.1. The summed E-state index contributed by atoms with van der Waals surface area (Å²) in [4.78, 5) is 9.96. The molecule has 0 radical (unpaired) electrons. The minimum Gasteiger partial charge on any atom is -0.315 e. The molecule has 0 aliphatic heterocycles. The standard InChI is InChI=1S/C80H74N4/c1-10-11-12-60(9)81(61-27-13-53(2)14-28-61)68-41-45-72-73-46-42-69(82(62-29-15-54(3)16-30-62)63-31-17-55(4)18-32-63)50-77(73)80(76(72)49-68)78-51-70(83(64-33-19-56(5)20-34-64)65-35-21-57(6)22-36-65)43-47-74(78)75-48-44-71(52-79(75)80)84(66-37-23-58(7)24-38-66)67-39-25-59(8)26-40-67/h10-21,23-25,27-35,37-39,41-52H,22,26,36,40H2,1-9H3. The summed E-state index contributed by atoms with van der Waals surface area (Å²) in [6, 6.07) is 74.7. The van der Waals surface area contributed by atoms with Gasteiger partial charge in [-0.3, -0.25) is 0 Å². The average molecular weight is 1090 g/mol. The van der Waals surface area contributed by atoms with Gasteiger partial charge in [-0.05, 0) is 260 Å². The molecule has 4 nitrogen and oxygen atoms in total. The first-order chi connectivity index (χ1) is 40.9. The van der Waals surface area contributed by atoms with E-state index in [1.54, 1.807) is 0 Å². The summed E-state index contributed by atoms with van der Waals surface area (Å²) in [5, 5.41) is 0. The van der Waals surface area contributed by atoms with E-state index in [0.717, 1.165) is 82.6 Å². The van der Waals surface area contributed by atoms with E-state index in [9.17, 15) is 0 Å². The van der Waals surface area contributed by atoms with E-state index in [1.807, 2.05) is 0 Å². The highest BCUT2D eigenvalue weighted by molar-refractivity contribution is 5.99. The van der Waals surface area contributed by atoms with Crippen LogP contribution in [0.2, 0.25) is 0 Å². The molecule has 0 unspecified atom stereocenters. The van der Waals surface area contributed by atoms with Crippen LogP contribution in [0.1, 0.15) is 103 Å². The van der Waals surface area contributed by atoms with Crippen LogP contribution in [-0.2, 0) is 5.41 Å². The van der Waals surface area contributed by atoms with Gasteiger partial charge in [-0.2, -0.15) is 0 Å². The van der Waals surface area contributed by atoms with Crippen LogP contribution in [0.5, 0.6) is 0 Å².